The molecule has 1 saturated heterocycles. The topological polar surface area (TPSA) is 41.1 Å². The van der Waals surface area contributed by atoms with Crippen LogP contribution in [0.3, 0.4) is 0 Å². The van der Waals surface area contributed by atoms with Gasteiger partial charge in [-0.15, -0.1) is 0 Å². The molecule has 5 heteroatoms. The van der Waals surface area contributed by atoms with Gasteiger partial charge in [-0.2, -0.15) is 0 Å². The van der Waals surface area contributed by atoms with E-state index in [4.69, 9.17) is 0 Å². The number of anilines is 1. The van der Waals surface area contributed by atoms with Crippen LogP contribution in [0.5, 0.6) is 0 Å². The number of likely N-dealkylation sites (tertiary alicyclic amines) is 1. The molecule has 17 heavy (non-hydrogen) atoms. The average Bonchev–Trinajstić information content (AvgIpc) is 3.02. The van der Waals surface area contributed by atoms with Crippen molar-refractivity contribution in [3.05, 3.63) is 17.0 Å². The molecule has 0 spiro atoms. The molecule has 3 rings (SSSR count). The SMILES string of the molecule is Brc1cncnc1N[C@H]1CCN(CC2CC2)C1. The van der Waals surface area contributed by atoms with E-state index in [9.17, 15) is 0 Å². The Morgan fingerprint density at radius 3 is 3.06 bits per heavy atom. The first kappa shape index (κ1) is 11.4. The molecule has 1 aliphatic carbocycles. The maximum Gasteiger partial charge on any atom is 0.143 e. The summed E-state index contributed by atoms with van der Waals surface area (Å²) >= 11 is 3.47. The van der Waals surface area contributed by atoms with Crippen LogP contribution in [-0.4, -0.2) is 40.5 Å². The summed E-state index contributed by atoms with van der Waals surface area (Å²) < 4.78 is 0.945. The predicted octanol–water partition coefficient (Wildman–Crippen LogP) is 2.14. The lowest BCUT2D eigenvalue weighted by Crippen LogP contribution is -2.28. The third kappa shape index (κ3) is 2.96. The summed E-state index contributed by atoms with van der Waals surface area (Å²) in [6.45, 7) is 3.66. The molecule has 1 aromatic heterocycles. The third-order valence-corrected chi connectivity index (χ3v) is 4.07. The molecule has 2 fully saturated rings. The molecule has 2 aliphatic rings. The fraction of sp³-hybridized carbons (Fsp3) is 0.667. The van der Waals surface area contributed by atoms with Crippen molar-refractivity contribution in [2.24, 2.45) is 5.92 Å². The number of nitrogens with one attached hydrogen (secondary N) is 1. The Bertz CT molecular complexity index is 394. The molecular weight excluding hydrogens is 280 g/mol. The van der Waals surface area contributed by atoms with Crippen molar-refractivity contribution in [3.63, 3.8) is 0 Å². The van der Waals surface area contributed by atoms with E-state index in [2.05, 4.69) is 36.1 Å². The zero-order valence-electron chi connectivity index (χ0n) is 9.77. The van der Waals surface area contributed by atoms with E-state index in [1.165, 1.54) is 32.4 Å². The molecule has 1 aliphatic heterocycles. The summed E-state index contributed by atoms with van der Waals surface area (Å²) in [5.41, 5.74) is 0. The zero-order valence-corrected chi connectivity index (χ0v) is 11.4. The Kier molecular flexibility index (Phi) is 3.29. The second-order valence-electron chi connectivity index (χ2n) is 5.05. The van der Waals surface area contributed by atoms with Gasteiger partial charge >= 0.3 is 0 Å². The largest absolute Gasteiger partial charge is 0.365 e. The Morgan fingerprint density at radius 1 is 1.41 bits per heavy atom. The molecule has 1 saturated carbocycles. The molecule has 4 nitrogen and oxygen atoms in total. The highest BCUT2D eigenvalue weighted by Crippen LogP contribution is 2.31. The zero-order chi connectivity index (χ0) is 11.7. The van der Waals surface area contributed by atoms with Crippen LogP contribution in [0.1, 0.15) is 19.3 Å². The van der Waals surface area contributed by atoms with Gasteiger partial charge in [0, 0.05) is 31.9 Å². The minimum Gasteiger partial charge on any atom is -0.365 e. The average molecular weight is 297 g/mol. The number of nitrogens with zero attached hydrogens (tertiary/aromatic N) is 3. The Labute approximate surface area is 110 Å². The van der Waals surface area contributed by atoms with Gasteiger partial charge in [-0.05, 0) is 41.1 Å². The van der Waals surface area contributed by atoms with Crippen LogP contribution in [0.2, 0.25) is 0 Å². The molecular formula is C12H17BrN4. The van der Waals surface area contributed by atoms with Crippen LogP contribution in [0.15, 0.2) is 17.0 Å². The van der Waals surface area contributed by atoms with Crippen molar-refractivity contribution in [3.8, 4) is 0 Å². The first-order chi connectivity index (χ1) is 8.31. The normalized spacial score (nSPS) is 25.1. The van der Waals surface area contributed by atoms with Gasteiger partial charge in [-0.25, -0.2) is 9.97 Å². The van der Waals surface area contributed by atoms with Crippen LogP contribution in [0, 0.1) is 5.92 Å². The van der Waals surface area contributed by atoms with Gasteiger partial charge in [-0.1, -0.05) is 0 Å². The molecule has 1 N–H and O–H groups in total. The van der Waals surface area contributed by atoms with Crippen LogP contribution in [-0.2, 0) is 0 Å². The standard InChI is InChI=1S/C12H17BrN4/c13-11-5-14-8-15-12(11)16-10-3-4-17(7-10)6-9-1-2-9/h5,8-10H,1-4,6-7H2,(H,14,15,16)/t10-/m0/s1. The van der Waals surface area contributed by atoms with Gasteiger partial charge in [0.1, 0.15) is 12.1 Å². The fourth-order valence-electron chi connectivity index (χ4n) is 2.39. The Hall–Kier alpha value is -0.680. The highest BCUT2D eigenvalue weighted by molar-refractivity contribution is 9.10. The highest BCUT2D eigenvalue weighted by atomic mass is 79.9. The molecule has 0 radical (unpaired) electrons. The maximum absolute atomic E-state index is 4.25. The van der Waals surface area contributed by atoms with Crippen molar-refractivity contribution in [1.29, 1.82) is 0 Å². The summed E-state index contributed by atoms with van der Waals surface area (Å²) in [6.07, 6.45) is 7.46. The van der Waals surface area contributed by atoms with E-state index < -0.39 is 0 Å². The van der Waals surface area contributed by atoms with Crippen molar-refractivity contribution in [2.75, 3.05) is 25.0 Å². The smallest absolute Gasteiger partial charge is 0.143 e. The van der Waals surface area contributed by atoms with E-state index in [1.807, 2.05) is 0 Å². The molecule has 0 bridgehead atoms. The second kappa shape index (κ2) is 4.90. The molecule has 0 unspecified atom stereocenters. The van der Waals surface area contributed by atoms with Crippen LogP contribution < -0.4 is 5.32 Å². The number of halogens is 1. The maximum atomic E-state index is 4.25. The summed E-state index contributed by atoms with van der Waals surface area (Å²) in [4.78, 5) is 10.8. The first-order valence-corrected chi connectivity index (χ1v) is 7.05. The van der Waals surface area contributed by atoms with Crippen molar-refractivity contribution in [2.45, 2.75) is 25.3 Å². The number of hydrogen-bond acceptors (Lipinski definition) is 4. The molecule has 0 aromatic carbocycles. The van der Waals surface area contributed by atoms with Crippen molar-refractivity contribution >= 4 is 21.7 Å². The lowest BCUT2D eigenvalue weighted by Gasteiger charge is -2.16. The van der Waals surface area contributed by atoms with Crippen LogP contribution in [0.25, 0.3) is 0 Å². The van der Waals surface area contributed by atoms with E-state index in [1.54, 1.807) is 12.5 Å². The highest BCUT2D eigenvalue weighted by Gasteiger charge is 2.29. The number of aromatic nitrogens is 2. The van der Waals surface area contributed by atoms with Gasteiger partial charge < -0.3 is 10.2 Å². The molecule has 0 amide bonds. The van der Waals surface area contributed by atoms with Gasteiger partial charge in [-0.3, -0.25) is 0 Å². The summed E-state index contributed by atoms with van der Waals surface area (Å²) in [7, 11) is 0. The molecule has 1 aromatic rings. The monoisotopic (exact) mass is 296 g/mol. The number of hydrogen-bond donors (Lipinski definition) is 1. The Balaban J connectivity index is 1.54. The summed E-state index contributed by atoms with van der Waals surface area (Å²) in [6, 6.07) is 0.528. The minimum atomic E-state index is 0.528. The Morgan fingerprint density at radius 2 is 2.29 bits per heavy atom. The second-order valence-corrected chi connectivity index (χ2v) is 5.91. The quantitative estimate of drug-likeness (QED) is 0.924. The lowest BCUT2D eigenvalue weighted by molar-refractivity contribution is 0.322. The van der Waals surface area contributed by atoms with E-state index in [-0.39, 0.29) is 0 Å². The summed E-state index contributed by atoms with van der Waals surface area (Å²) in [5.74, 6) is 1.90. The van der Waals surface area contributed by atoms with Crippen LogP contribution in [0.4, 0.5) is 5.82 Å². The fourth-order valence-corrected chi connectivity index (χ4v) is 2.73. The molecule has 92 valence electrons. The molecule has 1 atom stereocenters. The van der Waals surface area contributed by atoms with E-state index >= 15 is 0 Å². The lowest BCUT2D eigenvalue weighted by atomic mass is 10.2. The van der Waals surface area contributed by atoms with Crippen molar-refractivity contribution in [1.82, 2.24) is 14.9 Å². The molecule has 2 heterocycles. The number of rotatable bonds is 4. The van der Waals surface area contributed by atoms with Gasteiger partial charge in [0.15, 0.2) is 0 Å². The van der Waals surface area contributed by atoms with E-state index in [0.717, 1.165) is 22.8 Å². The first-order valence-electron chi connectivity index (χ1n) is 6.25. The predicted molar refractivity (Wildman–Crippen MR) is 70.9 cm³/mol. The van der Waals surface area contributed by atoms with Gasteiger partial charge in [0.25, 0.3) is 0 Å². The van der Waals surface area contributed by atoms with Crippen molar-refractivity contribution < 1.29 is 0 Å². The van der Waals surface area contributed by atoms with Gasteiger partial charge in [0.2, 0.25) is 0 Å². The summed E-state index contributed by atoms with van der Waals surface area (Å²) in [5, 5.41) is 3.49. The third-order valence-electron chi connectivity index (χ3n) is 3.49. The minimum absolute atomic E-state index is 0.528. The van der Waals surface area contributed by atoms with E-state index in [0.29, 0.717) is 6.04 Å². The van der Waals surface area contributed by atoms with Crippen LogP contribution >= 0.6 is 15.9 Å². The van der Waals surface area contributed by atoms with Gasteiger partial charge in [0.05, 0.1) is 4.47 Å².